The predicted molar refractivity (Wildman–Crippen MR) is 100 cm³/mol. The maximum absolute atomic E-state index is 12.4. The summed E-state index contributed by atoms with van der Waals surface area (Å²) in [6, 6.07) is 11.7. The number of benzene rings is 2. The van der Waals surface area contributed by atoms with Crippen molar-refractivity contribution >= 4 is 38.9 Å². The summed E-state index contributed by atoms with van der Waals surface area (Å²) in [5, 5.41) is 3.07. The van der Waals surface area contributed by atoms with Crippen molar-refractivity contribution in [2.24, 2.45) is 0 Å². The Kier molecular flexibility index (Phi) is 5.92. The van der Waals surface area contributed by atoms with E-state index in [1.807, 2.05) is 13.0 Å². The highest BCUT2D eigenvalue weighted by molar-refractivity contribution is 7.92. The number of amides is 1. The molecule has 0 radical (unpaired) electrons. The summed E-state index contributed by atoms with van der Waals surface area (Å²) in [7, 11) is -2.17. The standard InChI is InChI=1S/C17H19ClN2O4S/c1-12-7-8-16(24-2)15(9-12)19-17(21)11-20(25(3,22)23)14-6-4-5-13(18)10-14/h4-10H,11H2,1-3H3,(H,19,21). The highest BCUT2D eigenvalue weighted by Gasteiger charge is 2.21. The van der Waals surface area contributed by atoms with Gasteiger partial charge in [-0.1, -0.05) is 23.7 Å². The molecule has 0 aromatic heterocycles. The third-order valence-corrected chi connectivity index (χ3v) is 4.79. The van der Waals surface area contributed by atoms with E-state index in [1.165, 1.54) is 13.2 Å². The lowest BCUT2D eigenvalue weighted by Gasteiger charge is -2.22. The molecule has 0 unspecified atom stereocenters. The number of ether oxygens (including phenoxy) is 1. The second-order valence-corrected chi connectivity index (χ2v) is 7.84. The van der Waals surface area contributed by atoms with Crippen molar-refractivity contribution in [3.8, 4) is 5.75 Å². The molecule has 2 aromatic carbocycles. The smallest absolute Gasteiger partial charge is 0.245 e. The van der Waals surface area contributed by atoms with Crippen LogP contribution >= 0.6 is 11.6 Å². The van der Waals surface area contributed by atoms with Gasteiger partial charge in [0.1, 0.15) is 12.3 Å². The lowest BCUT2D eigenvalue weighted by atomic mass is 10.2. The summed E-state index contributed by atoms with van der Waals surface area (Å²) >= 11 is 5.92. The first-order chi connectivity index (χ1) is 11.7. The Morgan fingerprint density at radius 1 is 1.24 bits per heavy atom. The van der Waals surface area contributed by atoms with Crippen molar-refractivity contribution in [1.82, 2.24) is 0 Å². The molecule has 1 amide bonds. The van der Waals surface area contributed by atoms with Crippen LogP contribution in [-0.4, -0.2) is 34.2 Å². The van der Waals surface area contributed by atoms with Crippen molar-refractivity contribution in [2.75, 3.05) is 29.5 Å². The number of carbonyl (C=O) groups is 1. The number of carbonyl (C=O) groups excluding carboxylic acids is 1. The number of hydrogen-bond donors (Lipinski definition) is 1. The molecule has 0 aliphatic carbocycles. The number of nitrogens with zero attached hydrogens (tertiary/aromatic N) is 1. The summed E-state index contributed by atoms with van der Waals surface area (Å²) in [6.07, 6.45) is 1.04. The van der Waals surface area contributed by atoms with Gasteiger partial charge in [-0.2, -0.15) is 0 Å². The first kappa shape index (κ1) is 19.1. The number of sulfonamides is 1. The maximum atomic E-state index is 12.4. The second-order valence-electron chi connectivity index (χ2n) is 5.50. The average Bonchev–Trinajstić information content (AvgIpc) is 2.52. The molecule has 0 heterocycles. The zero-order valence-corrected chi connectivity index (χ0v) is 15.7. The van der Waals surface area contributed by atoms with Gasteiger partial charge in [-0.15, -0.1) is 0 Å². The molecule has 0 saturated carbocycles. The van der Waals surface area contributed by atoms with Gasteiger partial charge in [0.25, 0.3) is 0 Å². The number of nitrogens with one attached hydrogen (secondary N) is 1. The van der Waals surface area contributed by atoms with Crippen LogP contribution in [-0.2, 0) is 14.8 Å². The van der Waals surface area contributed by atoms with Crippen molar-refractivity contribution in [3.05, 3.63) is 53.1 Å². The molecule has 0 saturated heterocycles. The van der Waals surface area contributed by atoms with Crippen LogP contribution in [0.5, 0.6) is 5.75 Å². The number of hydrogen-bond acceptors (Lipinski definition) is 4. The van der Waals surface area contributed by atoms with E-state index in [0.29, 0.717) is 22.1 Å². The zero-order valence-electron chi connectivity index (χ0n) is 14.1. The summed E-state index contributed by atoms with van der Waals surface area (Å²) in [6.45, 7) is 1.50. The minimum Gasteiger partial charge on any atom is -0.495 e. The number of anilines is 2. The lowest BCUT2D eigenvalue weighted by Crippen LogP contribution is -2.37. The molecule has 8 heteroatoms. The summed E-state index contributed by atoms with van der Waals surface area (Å²) < 4.78 is 30.4. The van der Waals surface area contributed by atoms with Crippen molar-refractivity contribution in [3.63, 3.8) is 0 Å². The molecule has 0 bridgehead atoms. The minimum atomic E-state index is -3.66. The van der Waals surface area contributed by atoms with Crippen LogP contribution in [0, 0.1) is 6.92 Å². The fraction of sp³-hybridized carbons (Fsp3) is 0.235. The van der Waals surface area contributed by atoms with Gasteiger partial charge in [0, 0.05) is 5.02 Å². The fourth-order valence-corrected chi connectivity index (χ4v) is 3.30. The van der Waals surface area contributed by atoms with E-state index in [9.17, 15) is 13.2 Å². The number of rotatable bonds is 6. The van der Waals surface area contributed by atoms with Gasteiger partial charge in [-0.25, -0.2) is 8.42 Å². The Morgan fingerprint density at radius 2 is 1.96 bits per heavy atom. The Labute approximate surface area is 152 Å². The first-order valence-corrected chi connectivity index (χ1v) is 9.61. The van der Waals surface area contributed by atoms with E-state index in [1.54, 1.807) is 30.3 Å². The van der Waals surface area contributed by atoms with Crippen LogP contribution in [0.25, 0.3) is 0 Å². The Morgan fingerprint density at radius 3 is 2.56 bits per heavy atom. The Bertz CT molecular complexity index is 884. The van der Waals surface area contributed by atoms with Crippen LogP contribution in [0.4, 0.5) is 11.4 Å². The van der Waals surface area contributed by atoms with Crippen LogP contribution in [0.1, 0.15) is 5.56 Å². The fourth-order valence-electron chi connectivity index (χ4n) is 2.27. The highest BCUT2D eigenvalue weighted by Crippen LogP contribution is 2.26. The predicted octanol–water partition coefficient (Wildman–Crippen LogP) is 3.06. The molecule has 0 spiro atoms. The molecule has 0 aliphatic heterocycles. The quantitative estimate of drug-likeness (QED) is 0.833. The molecule has 134 valence electrons. The van der Waals surface area contributed by atoms with Gasteiger partial charge in [-0.05, 0) is 42.8 Å². The SMILES string of the molecule is COc1ccc(C)cc1NC(=O)CN(c1cccc(Cl)c1)S(C)(=O)=O. The van der Waals surface area contributed by atoms with Gasteiger partial charge in [-0.3, -0.25) is 9.10 Å². The number of aryl methyl sites for hydroxylation is 1. The number of halogens is 1. The van der Waals surface area contributed by atoms with E-state index in [-0.39, 0.29) is 6.54 Å². The maximum Gasteiger partial charge on any atom is 0.245 e. The van der Waals surface area contributed by atoms with Gasteiger partial charge >= 0.3 is 0 Å². The lowest BCUT2D eigenvalue weighted by molar-refractivity contribution is -0.114. The zero-order chi connectivity index (χ0) is 18.6. The molecule has 1 N–H and O–H groups in total. The summed E-state index contributed by atoms with van der Waals surface area (Å²) in [5.74, 6) is 0.00177. The summed E-state index contributed by atoms with van der Waals surface area (Å²) in [5.41, 5.74) is 1.74. The molecule has 2 aromatic rings. The third kappa shape index (κ3) is 5.11. The van der Waals surface area contributed by atoms with E-state index >= 15 is 0 Å². The summed E-state index contributed by atoms with van der Waals surface area (Å²) in [4.78, 5) is 12.4. The molecular weight excluding hydrogens is 364 g/mol. The normalized spacial score (nSPS) is 11.0. The van der Waals surface area contributed by atoms with Crippen molar-refractivity contribution < 1.29 is 17.9 Å². The molecule has 0 fully saturated rings. The molecular formula is C17H19ClN2O4S. The Hall–Kier alpha value is -2.25. The van der Waals surface area contributed by atoms with E-state index in [2.05, 4.69) is 5.32 Å². The molecule has 6 nitrogen and oxygen atoms in total. The molecule has 0 aliphatic rings. The van der Waals surface area contributed by atoms with Crippen LogP contribution in [0.2, 0.25) is 5.02 Å². The highest BCUT2D eigenvalue weighted by atomic mass is 35.5. The van der Waals surface area contributed by atoms with Crippen molar-refractivity contribution in [2.45, 2.75) is 6.92 Å². The third-order valence-electron chi connectivity index (χ3n) is 3.41. The van der Waals surface area contributed by atoms with Gasteiger partial charge < -0.3 is 10.1 Å². The van der Waals surface area contributed by atoms with Crippen molar-refractivity contribution in [1.29, 1.82) is 0 Å². The monoisotopic (exact) mass is 382 g/mol. The molecule has 0 atom stereocenters. The van der Waals surface area contributed by atoms with E-state index in [4.69, 9.17) is 16.3 Å². The minimum absolute atomic E-state index is 0.321. The van der Waals surface area contributed by atoms with Crippen LogP contribution < -0.4 is 14.4 Å². The first-order valence-electron chi connectivity index (χ1n) is 7.38. The van der Waals surface area contributed by atoms with E-state index < -0.39 is 15.9 Å². The van der Waals surface area contributed by atoms with Crippen LogP contribution in [0.15, 0.2) is 42.5 Å². The number of methoxy groups -OCH3 is 1. The van der Waals surface area contributed by atoms with E-state index in [0.717, 1.165) is 16.1 Å². The van der Waals surface area contributed by atoms with Gasteiger partial charge in [0.2, 0.25) is 15.9 Å². The van der Waals surface area contributed by atoms with Gasteiger partial charge in [0.05, 0.1) is 24.7 Å². The molecule has 2 rings (SSSR count). The van der Waals surface area contributed by atoms with Gasteiger partial charge in [0.15, 0.2) is 0 Å². The second kappa shape index (κ2) is 7.76. The molecule has 25 heavy (non-hydrogen) atoms. The topological polar surface area (TPSA) is 75.7 Å². The van der Waals surface area contributed by atoms with Crippen LogP contribution in [0.3, 0.4) is 0 Å². The Balaban J connectivity index is 2.25. The largest absolute Gasteiger partial charge is 0.495 e. The average molecular weight is 383 g/mol.